The molecule has 184 valence electrons. The van der Waals surface area contributed by atoms with Crippen molar-refractivity contribution in [3.8, 4) is 11.1 Å². The van der Waals surface area contributed by atoms with Crippen LogP contribution in [0, 0.1) is 18.6 Å². The van der Waals surface area contributed by atoms with Crippen LogP contribution in [0.25, 0.3) is 16.8 Å². The summed E-state index contributed by atoms with van der Waals surface area (Å²) in [5, 5.41) is 2.99. The second-order valence-electron chi connectivity index (χ2n) is 9.56. The van der Waals surface area contributed by atoms with Crippen LogP contribution in [0.5, 0.6) is 0 Å². The first-order valence-electron chi connectivity index (χ1n) is 12.0. The Kier molecular flexibility index (Phi) is 5.42. The molecule has 0 saturated heterocycles. The number of benzene rings is 4. The highest BCUT2D eigenvalue weighted by molar-refractivity contribution is 5.94. The van der Waals surface area contributed by atoms with Crippen LogP contribution in [0.15, 0.2) is 79.4 Å². The summed E-state index contributed by atoms with van der Waals surface area (Å²) in [5.41, 5.74) is 14.6. The second-order valence-corrected chi connectivity index (χ2v) is 9.56. The van der Waals surface area contributed by atoms with E-state index in [9.17, 15) is 13.6 Å². The number of rotatable bonds is 5. The molecule has 37 heavy (non-hydrogen) atoms. The molecular weight excluding hydrogens is 470 g/mol. The van der Waals surface area contributed by atoms with Gasteiger partial charge in [-0.15, -0.1) is 0 Å². The lowest BCUT2D eigenvalue weighted by Crippen LogP contribution is -2.23. The normalized spacial score (nSPS) is 16.8. The van der Waals surface area contributed by atoms with Gasteiger partial charge >= 0.3 is 0 Å². The first-order chi connectivity index (χ1) is 17.8. The highest BCUT2D eigenvalue weighted by Crippen LogP contribution is 2.54. The Balaban J connectivity index is 1.24. The third kappa shape index (κ3) is 3.90. The Hall–Kier alpha value is -4.29. The number of fused-ring (bicyclic) bond motifs is 8. The molecule has 4 aromatic rings. The summed E-state index contributed by atoms with van der Waals surface area (Å²) >= 11 is 0. The molecule has 0 aliphatic carbocycles. The summed E-state index contributed by atoms with van der Waals surface area (Å²) in [4.78, 5) is 13.0. The average Bonchev–Trinajstić information content (AvgIpc) is 3.44. The average molecular weight is 495 g/mol. The lowest BCUT2D eigenvalue weighted by Gasteiger charge is -2.18. The smallest absolute Gasteiger partial charge is 0.251 e. The lowest BCUT2D eigenvalue weighted by molar-refractivity contribution is 0.0857. The maximum atomic E-state index is 14.4. The maximum absolute atomic E-state index is 14.4. The fourth-order valence-electron chi connectivity index (χ4n) is 5.25. The molecular formula is C31H24F2N2O2. The topological polar surface area (TPSA) is 64.3 Å². The summed E-state index contributed by atoms with van der Waals surface area (Å²) in [6, 6.07) is 20.7. The van der Waals surface area contributed by atoms with E-state index in [4.69, 9.17) is 10.5 Å². The molecule has 0 spiro atoms. The molecule has 4 aromatic carbocycles. The summed E-state index contributed by atoms with van der Waals surface area (Å²) < 4.78 is 34.1. The number of carbonyl (C=O) groups is 1. The zero-order valence-corrected chi connectivity index (χ0v) is 20.1. The van der Waals surface area contributed by atoms with Crippen molar-refractivity contribution in [2.24, 2.45) is 5.73 Å². The largest absolute Gasteiger partial charge is 0.399 e. The van der Waals surface area contributed by atoms with Crippen molar-refractivity contribution in [2.45, 2.75) is 25.7 Å². The molecule has 3 N–H and O–H groups in total. The molecule has 2 aliphatic heterocycles. The molecule has 2 atom stereocenters. The van der Waals surface area contributed by atoms with Gasteiger partial charge in [0, 0.05) is 29.4 Å². The number of aryl methyl sites for hydroxylation is 1. The van der Waals surface area contributed by atoms with E-state index >= 15 is 0 Å². The Morgan fingerprint density at radius 1 is 0.892 bits per heavy atom. The predicted octanol–water partition coefficient (Wildman–Crippen LogP) is 6.32. The van der Waals surface area contributed by atoms with Crippen LogP contribution in [-0.4, -0.2) is 5.91 Å². The van der Waals surface area contributed by atoms with Gasteiger partial charge in [-0.25, -0.2) is 8.78 Å². The molecule has 2 heterocycles. The van der Waals surface area contributed by atoms with E-state index < -0.39 is 11.6 Å². The Bertz CT molecular complexity index is 1610. The van der Waals surface area contributed by atoms with Gasteiger partial charge in [-0.05, 0) is 87.8 Å². The standard InChI is InChI=1S/C31H24F2N2O2/c1-16-11-18(17(2)34)3-4-21(16)15-35-31(36)20-6-9-25-27(13-20)30-26-12-19(5-8-24(26)29(25)37-30)23-10-7-22(32)14-28(23)33/h3-14,29-30H,2,15,34H2,1H3,(H,35,36)/t29-,30+/m0/s1. The fourth-order valence-corrected chi connectivity index (χ4v) is 5.25. The maximum Gasteiger partial charge on any atom is 0.251 e. The molecule has 0 fully saturated rings. The number of halogens is 2. The van der Waals surface area contributed by atoms with Crippen molar-refractivity contribution >= 4 is 11.6 Å². The Morgan fingerprint density at radius 3 is 2.32 bits per heavy atom. The molecule has 4 nitrogen and oxygen atoms in total. The summed E-state index contributed by atoms with van der Waals surface area (Å²) in [6.07, 6.45) is -0.567. The summed E-state index contributed by atoms with van der Waals surface area (Å²) in [5.74, 6) is -1.40. The minimum absolute atomic E-state index is 0.181. The number of hydrogen-bond donors (Lipinski definition) is 2. The van der Waals surface area contributed by atoms with Gasteiger partial charge in [0.2, 0.25) is 0 Å². The van der Waals surface area contributed by atoms with E-state index in [2.05, 4.69) is 11.9 Å². The Morgan fingerprint density at radius 2 is 1.59 bits per heavy atom. The quantitative estimate of drug-likeness (QED) is 0.341. The molecule has 0 saturated carbocycles. The highest BCUT2D eigenvalue weighted by atomic mass is 19.1. The predicted molar refractivity (Wildman–Crippen MR) is 139 cm³/mol. The van der Waals surface area contributed by atoms with Crippen molar-refractivity contribution in [3.05, 3.63) is 136 Å². The third-order valence-corrected chi connectivity index (χ3v) is 7.23. The number of hydrogen-bond acceptors (Lipinski definition) is 3. The summed E-state index contributed by atoms with van der Waals surface area (Å²) in [6.45, 7) is 6.12. The first-order valence-corrected chi connectivity index (χ1v) is 12.0. The van der Waals surface area contributed by atoms with E-state index in [1.54, 1.807) is 0 Å². The van der Waals surface area contributed by atoms with Gasteiger partial charge in [-0.2, -0.15) is 0 Å². The van der Waals surface area contributed by atoms with Crippen molar-refractivity contribution in [1.82, 2.24) is 5.32 Å². The Labute approximate surface area is 213 Å². The zero-order chi connectivity index (χ0) is 25.8. The lowest BCUT2D eigenvalue weighted by atomic mass is 9.83. The molecule has 1 amide bonds. The van der Waals surface area contributed by atoms with E-state index in [1.165, 1.54) is 12.1 Å². The number of ether oxygens (including phenoxy) is 1. The van der Waals surface area contributed by atoms with Crippen LogP contribution in [0.4, 0.5) is 8.78 Å². The summed E-state index contributed by atoms with van der Waals surface area (Å²) in [7, 11) is 0. The van der Waals surface area contributed by atoms with Gasteiger partial charge in [0.05, 0.1) is 0 Å². The van der Waals surface area contributed by atoms with Crippen LogP contribution >= 0.6 is 0 Å². The number of nitrogens with two attached hydrogens (primary N) is 1. The second kappa shape index (κ2) is 8.68. The third-order valence-electron chi connectivity index (χ3n) is 7.23. The van der Waals surface area contributed by atoms with Crippen molar-refractivity contribution in [2.75, 3.05) is 0 Å². The van der Waals surface area contributed by atoms with Gasteiger partial charge in [0.25, 0.3) is 5.91 Å². The minimum Gasteiger partial charge on any atom is -0.399 e. The highest BCUT2D eigenvalue weighted by Gasteiger charge is 2.43. The molecule has 6 rings (SSSR count). The molecule has 2 aliphatic rings. The van der Waals surface area contributed by atoms with Gasteiger partial charge in [-0.3, -0.25) is 4.79 Å². The van der Waals surface area contributed by atoms with E-state index in [0.717, 1.165) is 45.0 Å². The van der Waals surface area contributed by atoms with E-state index in [-0.39, 0.29) is 18.1 Å². The van der Waals surface area contributed by atoms with Gasteiger partial charge in [0.15, 0.2) is 0 Å². The first kappa shape index (κ1) is 23.1. The number of carbonyl (C=O) groups excluding carboxylic acids is 1. The van der Waals surface area contributed by atoms with E-state index in [0.29, 0.717) is 28.9 Å². The fraction of sp³-hybridized carbons (Fsp3) is 0.129. The van der Waals surface area contributed by atoms with Gasteiger partial charge < -0.3 is 15.8 Å². The van der Waals surface area contributed by atoms with Crippen LogP contribution < -0.4 is 11.1 Å². The van der Waals surface area contributed by atoms with Gasteiger partial charge in [0.1, 0.15) is 23.8 Å². The molecule has 6 heteroatoms. The number of nitrogens with one attached hydrogen (secondary N) is 1. The van der Waals surface area contributed by atoms with Crippen LogP contribution in [-0.2, 0) is 11.3 Å². The van der Waals surface area contributed by atoms with Crippen LogP contribution in [0.1, 0.15) is 61.5 Å². The molecule has 0 radical (unpaired) electrons. The van der Waals surface area contributed by atoms with E-state index in [1.807, 2.05) is 61.5 Å². The molecule has 2 bridgehead atoms. The van der Waals surface area contributed by atoms with Crippen molar-refractivity contribution < 1.29 is 18.3 Å². The van der Waals surface area contributed by atoms with Crippen molar-refractivity contribution in [1.29, 1.82) is 0 Å². The van der Waals surface area contributed by atoms with Crippen LogP contribution in [0.2, 0.25) is 0 Å². The van der Waals surface area contributed by atoms with Crippen molar-refractivity contribution in [3.63, 3.8) is 0 Å². The molecule has 0 aromatic heterocycles. The monoisotopic (exact) mass is 494 g/mol. The molecule has 0 unspecified atom stereocenters. The van der Waals surface area contributed by atoms with Gasteiger partial charge in [-0.1, -0.05) is 36.9 Å². The SMILES string of the molecule is C=C(N)c1ccc(CNC(=O)c2ccc3c(c2)[C@@H]2O[C@H]3c3ccc(-c4ccc(F)cc4F)cc32)c(C)c1. The van der Waals surface area contributed by atoms with Crippen LogP contribution in [0.3, 0.4) is 0 Å². The zero-order valence-electron chi connectivity index (χ0n) is 20.1. The number of amides is 1. The minimum atomic E-state index is -0.613.